The first-order chi connectivity index (χ1) is 14.1. The Bertz CT molecular complexity index is 1020. The number of benzene rings is 2. The van der Waals surface area contributed by atoms with E-state index in [9.17, 15) is 9.18 Å². The molecule has 1 aliphatic heterocycles. The van der Waals surface area contributed by atoms with Gasteiger partial charge in [0.1, 0.15) is 5.82 Å². The molecule has 0 spiro atoms. The van der Waals surface area contributed by atoms with Crippen LogP contribution in [0.4, 0.5) is 27.5 Å². The summed E-state index contributed by atoms with van der Waals surface area (Å²) < 4.78 is 25.1. The Morgan fingerprint density at radius 2 is 1.93 bits per heavy atom. The molecule has 0 aliphatic carbocycles. The van der Waals surface area contributed by atoms with Gasteiger partial charge in [-0.3, -0.25) is 4.79 Å². The first kappa shape index (κ1) is 18.9. The molecule has 29 heavy (non-hydrogen) atoms. The van der Waals surface area contributed by atoms with Crippen molar-refractivity contribution in [3.8, 4) is 0 Å². The summed E-state index contributed by atoms with van der Waals surface area (Å²) in [4.78, 5) is 14.3. The maximum absolute atomic E-state index is 14.5. The topological polar surface area (TPSA) is 92.5 Å². The number of aryl methyl sites for hydroxylation is 1. The number of nitrogens with zero attached hydrogens (tertiary/aromatic N) is 3. The van der Waals surface area contributed by atoms with Crippen molar-refractivity contribution in [1.29, 1.82) is 0 Å². The van der Waals surface area contributed by atoms with Gasteiger partial charge in [0.05, 0.1) is 18.9 Å². The molecule has 3 aromatic rings. The number of anilines is 4. The average Bonchev–Trinajstić information content (AvgIpc) is 3.17. The average molecular weight is 397 g/mol. The number of halogens is 1. The summed E-state index contributed by atoms with van der Waals surface area (Å²) in [5.41, 5.74) is 2.61. The molecule has 8 nitrogen and oxygen atoms in total. The second-order valence-electron chi connectivity index (χ2n) is 6.63. The minimum atomic E-state index is -0.617. The summed E-state index contributed by atoms with van der Waals surface area (Å²) in [6.07, 6.45) is 0. The van der Waals surface area contributed by atoms with Crippen LogP contribution in [0.3, 0.4) is 0 Å². The van der Waals surface area contributed by atoms with Crippen LogP contribution >= 0.6 is 0 Å². The van der Waals surface area contributed by atoms with Crippen LogP contribution in [0.25, 0.3) is 0 Å². The predicted molar refractivity (Wildman–Crippen MR) is 106 cm³/mol. The Kier molecular flexibility index (Phi) is 5.39. The molecule has 1 saturated heterocycles. The third-order valence-electron chi connectivity index (χ3n) is 4.45. The van der Waals surface area contributed by atoms with Crippen molar-refractivity contribution in [2.45, 2.75) is 6.92 Å². The van der Waals surface area contributed by atoms with Crippen molar-refractivity contribution < 1.29 is 18.3 Å². The van der Waals surface area contributed by atoms with Crippen LogP contribution in [-0.2, 0) is 4.74 Å². The monoisotopic (exact) mass is 397 g/mol. The molecule has 1 aliphatic rings. The molecule has 0 unspecified atom stereocenters. The number of hydrogen-bond donors (Lipinski definition) is 2. The maximum atomic E-state index is 14.5. The van der Waals surface area contributed by atoms with Crippen molar-refractivity contribution >= 4 is 29.0 Å². The van der Waals surface area contributed by atoms with Gasteiger partial charge < -0.3 is 24.7 Å². The highest BCUT2D eigenvalue weighted by Crippen LogP contribution is 2.24. The zero-order valence-corrected chi connectivity index (χ0v) is 15.8. The normalized spacial score (nSPS) is 13.9. The molecule has 2 heterocycles. The molecule has 1 aromatic heterocycles. The molecule has 0 saturated carbocycles. The minimum Gasteiger partial charge on any atom is -0.399 e. The van der Waals surface area contributed by atoms with Crippen molar-refractivity contribution in [1.82, 2.24) is 10.2 Å². The first-order valence-corrected chi connectivity index (χ1v) is 9.19. The van der Waals surface area contributed by atoms with E-state index in [1.807, 2.05) is 36.1 Å². The number of carbonyl (C=O) groups excluding carboxylic acids is 1. The summed E-state index contributed by atoms with van der Waals surface area (Å²) >= 11 is 0. The quantitative estimate of drug-likeness (QED) is 0.682. The number of amides is 1. The highest BCUT2D eigenvalue weighted by molar-refractivity contribution is 6.01. The van der Waals surface area contributed by atoms with Crippen LogP contribution in [0.1, 0.15) is 16.2 Å². The Hall–Kier alpha value is -3.46. The Morgan fingerprint density at radius 1 is 1.10 bits per heavy atom. The lowest BCUT2D eigenvalue weighted by molar-refractivity contribution is 0.0991. The number of rotatable bonds is 5. The van der Waals surface area contributed by atoms with E-state index in [1.54, 1.807) is 12.1 Å². The number of ether oxygens (including phenoxy) is 1. The number of morpholine rings is 1. The lowest BCUT2D eigenvalue weighted by Crippen LogP contribution is -2.36. The van der Waals surface area contributed by atoms with Gasteiger partial charge in [-0.15, -0.1) is 5.10 Å². The summed E-state index contributed by atoms with van der Waals surface area (Å²) in [5, 5.41) is 13.1. The zero-order chi connectivity index (χ0) is 20.2. The maximum Gasteiger partial charge on any atom is 0.320 e. The standard InChI is InChI=1S/C20H20FN5O3/c1-13-3-2-4-14(11-13)23-20-25-24-19(29-20)18(27)22-15-5-6-17(16(21)12-15)26-7-9-28-10-8-26/h2-6,11-12H,7-10H2,1H3,(H,22,27)(H,23,25). The van der Waals surface area contributed by atoms with Gasteiger partial charge in [0.2, 0.25) is 0 Å². The smallest absolute Gasteiger partial charge is 0.320 e. The molecule has 4 rings (SSSR count). The number of nitrogens with one attached hydrogen (secondary N) is 2. The van der Waals surface area contributed by atoms with E-state index in [4.69, 9.17) is 9.15 Å². The predicted octanol–water partition coefficient (Wildman–Crippen LogP) is 3.35. The van der Waals surface area contributed by atoms with Crippen LogP contribution in [0.15, 0.2) is 46.9 Å². The van der Waals surface area contributed by atoms with Crippen LogP contribution in [0, 0.1) is 12.7 Å². The van der Waals surface area contributed by atoms with E-state index in [0.717, 1.165) is 11.3 Å². The summed E-state index contributed by atoms with van der Waals surface area (Å²) in [7, 11) is 0. The molecule has 0 atom stereocenters. The Morgan fingerprint density at radius 3 is 2.69 bits per heavy atom. The molecule has 150 valence electrons. The third kappa shape index (κ3) is 4.52. The SMILES string of the molecule is Cc1cccc(Nc2nnc(C(=O)Nc3ccc(N4CCOCC4)c(F)c3)o2)c1. The number of aromatic nitrogens is 2. The van der Waals surface area contributed by atoms with Crippen LogP contribution in [0.5, 0.6) is 0 Å². The Labute approximate surface area is 166 Å². The highest BCUT2D eigenvalue weighted by atomic mass is 19.1. The van der Waals surface area contributed by atoms with E-state index < -0.39 is 11.7 Å². The first-order valence-electron chi connectivity index (χ1n) is 9.19. The lowest BCUT2D eigenvalue weighted by Gasteiger charge is -2.29. The van der Waals surface area contributed by atoms with Gasteiger partial charge in [0.25, 0.3) is 0 Å². The molecule has 1 fully saturated rings. The fourth-order valence-electron chi connectivity index (χ4n) is 3.04. The van der Waals surface area contributed by atoms with E-state index in [-0.39, 0.29) is 11.9 Å². The van der Waals surface area contributed by atoms with Crippen molar-refractivity contribution in [3.63, 3.8) is 0 Å². The highest BCUT2D eigenvalue weighted by Gasteiger charge is 2.18. The van der Waals surface area contributed by atoms with Crippen LogP contribution < -0.4 is 15.5 Å². The zero-order valence-electron chi connectivity index (χ0n) is 15.8. The molecule has 2 N–H and O–H groups in total. The van der Waals surface area contributed by atoms with E-state index in [2.05, 4.69) is 20.8 Å². The molecule has 1 amide bonds. The van der Waals surface area contributed by atoms with Gasteiger partial charge in [-0.25, -0.2) is 4.39 Å². The summed E-state index contributed by atoms with van der Waals surface area (Å²) in [5.74, 6) is -1.26. The van der Waals surface area contributed by atoms with Crippen molar-refractivity contribution in [2.24, 2.45) is 0 Å². The van der Waals surface area contributed by atoms with Crippen LogP contribution in [-0.4, -0.2) is 42.4 Å². The fraction of sp³-hybridized carbons (Fsp3) is 0.250. The summed E-state index contributed by atoms with van der Waals surface area (Å²) in [6.45, 7) is 4.34. The third-order valence-corrected chi connectivity index (χ3v) is 4.45. The van der Waals surface area contributed by atoms with Gasteiger partial charge in [0, 0.05) is 24.5 Å². The van der Waals surface area contributed by atoms with Crippen LogP contribution in [0.2, 0.25) is 0 Å². The van der Waals surface area contributed by atoms with Gasteiger partial charge >= 0.3 is 17.8 Å². The number of hydrogen-bond acceptors (Lipinski definition) is 7. The largest absolute Gasteiger partial charge is 0.399 e. The molecule has 2 aromatic carbocycles. The Balaban J connectivity index is 1.41. The molecular formula is C20H20FN5O3. The van der Waals surface area contributed by atoms with E-state index in [0.29, 0.717) is 37.7 Å². The molecule has 9 heteroatoms. The van der Waals surface area contributed by atoms with Gasteiger partial charge in [-0.2, -0.15) is 0 Å². The second-order valence-corrected chi connectivity index (χ2v) is 6.63. The molecule has 0 bridgehead atoms. The van der Waals surface area contributed by atoms with Crippen molar-refractivity contribution in [3.05, 3.63) is 59.7 Å². The van der Waals surface area contributed by atoms with Gasteiger partial charge in [0.15, 0.2) is 0 Å². The van der Waals surface area contributed by atoms with Gasteiger partial charge in [-0.1, -0.05) is 17.2 Å². The minimum absolute atomic E-state index is 0.0922. The van der Waals surface area contributed by atoms with E-state index >= 15 is 0 Å². The second kappa shape index (κ2) is 8.27. The fourth-order valence-corrected chi connectivity index (χ4v) is 3.04. The van der Waals surface area contributed by atoms with E-state index in [1.165, 1.54) is 6.07 Å². The lowest BCUT2D eigenvalue weighted by atomic mass is 10.2. The molecular weight excluding hydrogens is 377 g/mol. The number of carbonyl (C=O) groups is 1. The van der Waals surface area contributed by atoms with Crippen molar-refractivity contribution in [2.75, 3.05) is 41.8 Å². The van der Waals surface area contributed by atoms with Gasteiger partial charge in [-0.05, 0) is 42.8 Å². The summed E-state index contributed by atoms with van der Waals surface area (Å²) in [6, 6.07) is 12.2. The molecule has 0 radical (unpaired) electrons.